The Kier molecular flexibility index (Phi) is 4.28. The number of anilines is 1. The smallest absolute Gasteiger partial charge is 0.339 e. The number of carboxylic acids is 1. The minimum absolute atomic E-state index is 0.0440. The molecule has 0 atom stereocenters. The summed E-state index contributed by atoms with van der Waals surface area (Å²) in [6, 6.07) is 7.39. The molecule has 0 aliphatic rings. The maximum atomic E-state index is 11.2. The summed E-state index contributed by atoms with van der Waals surface area (Å²) >= 11 is 17.8. The van der Waals surface area contributed by atoms with Crippen LogP contribution in [0.15, 0.2) is 30.3 Å². The fourth-order valence-corrected chi connectivity index (χ4v) is 2.15. The molecule has 3 N–H and O–H groups in total. The monoisotopic (exact) mass is 331 g/mol. The van der Waals surface area contributed by atoms with E-state index in [1.807, 2.05) is 0 Å². The van der Waals surface area contributed by atoms with Gasteiger partial charge in [-0.05, 0) is 24.3 Å². The summed E-state index contributed by atoms with van der Waals surface area (Å²) in [5, 5.41) is 9.68. The van der Waals surface area contributed by atoms with Crippen LogP contribution in [-0.4, -0.2) is 11.1 Å². The van der Waals surface area contributed by atoms with E-state index < -0.39 is 5.97 Å². The second-order valence-electron chi connectivity index (χ2n) is 3.84. The van der Waals surface area contributed by atoms with Gasteiger partial charge in [-0.1, -0.05) is 40.9 Å². The van der Waals surface area contributed by atoms with Crippen LogP contribution in [0.5, 0.6) is 11.5 Å². The number of benzene rings is 2. The Hall–Kier alpha value is -1.62. The molecule has 0 fully saturated rings. The van der Waals surface area contributed by atoms with E-state index in [-0.39, 0.29) is 37.8 Å². The number of nitrogens with two attached hydrogens (primary N) is 1. The van der Waals surface area contributed by atoms with Gasteiger partial charge in [0.25, 0.3) is 0 Å². The van der Waals surface area contributed by atoms with Crippen LogP contribution in [0.3, 0.4) is 0 Å². The second kappa shape index (κ2) is 5.79. The number of carbonyl (C=O) groups is 1. The Morgan fingerprint density at radius 1 is 1.15 bits per heavy atom. The molecule has 0 radical (unpaired) electrons. The minimum atomic E-state index is -1.22. The molecule has 0 aliphatic heterocycles. The van der Waals surface area contributed by atoms with Crippen molar-refractivity contribution in [2.45, 2.75) is 0 Å². The van der Waals surface area contributed by atoms with Crippen LogP contribution in [0, 0.1) is 0 Å². The first-order valence-corrected chi connectivity index (χ1v) is 6.47. The highest BCUT2D eigenvalue weighted by atomic mass is 35.5. The Morgan fingerprint density at radius 2 is 1.85 bits per heavy atom. The summed E-state index contributed by atoms with van der Waals surface area (Å²) in [5.41, 5.74) is 5.62. The third-order valence-corrected chi connectivity index (χ3v) is 3.51. The van der Waals surface area contributed by atoms with Crippen LogP contribution in [0.2, 0.25) is 15.1 Å². The Morgan fingerprint density at radius 3 is 2.50 bits per heavy atom. The second-order valence-corrected chi connectivity index (χ2v) is 5.03. The molecule has 0 saturated heterocycles. The standard InChI is InChI=1S/C13H8Cl3NO3/c14-8-2-1-3-10(11(8)16)20-12-7(13(18)19)4-6(17)5-9(12)15/h1-5H,17H2,(H,18,19). The molecule has 20 heavy (non-hydrogen) atoms. The first-order valence-electron chi connectivity index (χ1n) is 5.34. The zero-order chi connectivity index (χ0) is 14.9. The summed E-state index contributed by atoms with van der Waals surface area (Å²) in [4.78, 5) is 11.2. The lowest BCUT2D eigenvalue weighted by Gasteiger charge is -2.13. The van der Waals surface area contributed by atoms with Crippen molar-refractivity contribution in [1.29, 1.82) is 0 Å². The van der Waals surface area contributed by atoms with Gasteiger partial charge in [0.05, 0.1) is 10.0 Å². The van der Waals surface area contributed by atoms with E-state index in [0.29, 0.717) is 0 Å². The first-order chi connectivity index (χ1) is 9.40. The van der Waals surface area contributed by atoms with E-state index in [4.69, 9.17) is 50.4 Å². The number of hydrogen-bond donors (Lipinski definition) is 2. The van der Waals surface area contributed by atoms with Gasteiger partial charge < -0.3 is 15.6 Å². The van der Waals surface area contributed by atoms with Gasteiger partial charge in [0.2, 0.25) is 0 Å². The lowest BCUT2D eigenvalue weighted by Crippen LogP contribution is -2.02. The third-order valence-electron chi connectivity index (χ3n) is 2.42. The SMILES string of the molecule is Nc1cc(Cl)c(Oc2cccc(Cl)c2Cl)c(C(=O)O)c1. The Bertz CT molecular complexity index is 689. The normalized spacial score (nSPS) is 10.3. The van der Waals surface area contributed by atoms with Crippen molar-refractivity contribution in [1.82, 2.24) is 0 Å². The van der Waals surface area contributed by atoms with E-state index in [0.717, 1.165) is 0 Å². The average Bonchev–Trinajstić information content (AvgIpc) is 2.37. The van der Waals surface area contributed by atoms with E-state index in [1.54, 1.807) is 18.2 Å². The van der Waals surface area contributed by atoms with Crippen molar-refractivity contribution >= 4 is 46.5 Å². The number of halogens is 3. The molecule has 0 unspecified atom stereocenters. The average molecular weight is 333 g/mol. The maximum absolute atomic E-state index is 11.2. The number of rotatable bonds is 3. The van der Waals surface area contributed by atoms with E-state index in [2.05, 4.69) is 0 Å². The minimum Gasteiger partial charge on any atom is -0.478 e. The summed E-state index contributed by atoms with van der Waals surface area (Å²) in [6.07, 6.45) is 0. The summed E-state index contributed by atoms with van der Waals surface area (Å²) in [6.45, 7) is 0. The predicted octanol–water partition coefficient (Wildman–Crippen LogP) is 4.72. The number of ether oxygens (including phenoxy) is 1. The highest BCUT2D eigenvalue weighted by Crippen LogP contribution is 2.39. The van der Waals surface area contributed by atoms with Gasteiger partial charge in [-0.3, -0.25) is 0 Å². The summed E-state index contributed by atoms with van der Waals surface area (Å²) in [5.74, 6) is -1.06. The molecule has 2 aromatic rings. The van der Waals surface area contributed by atoms with Crippen molar-refractivity contribution in [2.75, 3.05) is 5.73 Å². The van der Waals surface area contributed by atoms with Crippen molar-refractivity contribution in [3.8, 4) is 11.5 Å². The van der Waals surface area contributed by atoms with Gasteiger partial charge in [-0.15, -0.1) is 0 Å². The molecule has 0 amide bonds. The fourth-order valence-electron chi connectivity index (χ4n) is 1.55. The van der Waals surface area contributed by atoms with Crippen molar-refractivity contribution in [3.05, 3.63) is 51.0 Å². The van der Waals surface area contributed by atoms with Gasteiger partial charge in [0.15, 0.2) is 5.75 Å². The number of carboxylic acid groups (broad SMARTS) is 1. The first kappa shape index (κ1) is 14.8. The maximum Gasteiger partial charge on any atom is 0.339 e. The molecule has 0 aromatic heterocycles. The highest BCUT2D eigenvalue weighted by Gasteiger charge is 2.18. The molecule has 2 rings (SSSR count). The van der Waals surface area contributed by atoms with Crippen LogP contribution < -0.4 is 10.5 Å². The van der Waals surface area contributed by atoms with Gasteiger partial charge in [0, 0.05) is 5.69 Å². The van der Waals surface area contributed by atoms with Crippen LogP contribution in [0.25, 0.3) is 0 Å². The lowest BCUT2D eigenvalue weighted by molar-refractivity contribution is 0.0694. The van der Waals surface area contributed by atoms with E-state index in [1.165, 1.54) is 12.1 Å². The Balaban J connectivity index is 2.53. The Labute approximate surface area is 129 Å². The van der Waals surface area contributed by atoms with Gasteiger partial charge >= 0.3 is 5.97 Å². The van der Waals surface area contributed by atoms with E-state index >= 15 is 0 Å². The zero-order valence-electron chi connectivity index (χ0n) is 9.86. The third kappa shape index (κ3) is 2.93. The molecular formula is C13H8Cl3NO3. The molecule has 2 aromatic carbocycles. The summed E-state index contributed by atoms with van der Waals surface area (Å²) < 4.78 is 5.48. The van der Waals surface area contributed by atoms with Crippen LogP contribution in [0.4, 0.5) is 5.69 Å². The van der Waals surface area contributed by atoms with Gasteiger partial charge in [0.1, 0.15) is 16.3 Å². The van der Waals surface area contributed by atoms with Crippen molar-refractivity contribution in [3.63, 3.8) is 0 Å². The summed E-state index contributed by atoms with van der Waals surface area (Å²) in [7, 11) is 0. The largest absolute Gasteiger partial charge is 0.478 e. The predicted molar refractivity (Wildman–Crippen MR) is 79.4 cm³/mol. The quantitative estimate of drug-likeness (QED) is 0.798. The molecule has 7 heteroatoms. The molecule has 0 heterocycles. The van der Waals surface area contributed by atoms with E-state index in [9.17, 15) is 4.79 Å². The molecule has 0 bridgehead atoms. The fraction of sp³-hybridized carbons (Fsp3) is 0. The van der Waals surface area contributed by atoms with Crippen LogP contribution in [-0.2, 0) is 0 Å². The number of hydrogen-bond acceptors (Lipinski definition) is 3. The topological polar surface area (TPSA) is 72.5 Å². The van der Waals surface area contributed by atoms with Crippen LogP contribution >= 0.6 is 34.8 Å². The number of aromatic carboxylic acids is 1. The molecule has 4 nitrogen and oxygen atoms in total. The van der Waals surface area contributed by atoms with Crippen molar-refractivity contribution < 1.29 is 14.6 Å². The van der Waals surface area contributed by atoms with Gasteiger partial charge in [-0.25, -0.2) is 4.79 Å². The molecule has 104 valence electrons. The molecule has 0 spiro atoms. The molecule has 0 aliphatic carbocycles. The van der Waals surface area contributed by atoms with Crippen LogP contribution in [0.1, 0.15) is 10.4 Å². The molecule has 0 saturated carbocycles. The zero-order valence-corrected chi connectivity index (χ0v) is 12.1. The van der Waals surface area contributed by atoms with Crippen molar-refractivity contribution in [2.24, 2.45) is 0 Å². The molecular weight excluding hydrogens is 325 g/mol. The van der Waals surface area contributed by atoms with Gasteiger partial charge in [-0.2, -0.15) is 0 Å². The number of nitrogen functional groups attached to an aromatic ring is 1. The lowest BCUT2D eigenvalue weighted by atomic mass is 10.2. The highest BCUT2D eigenvalue weighted by molar-refractivity contribution is 6.43.